The summed E-state index contributed by atoms with van der Waals surface area (Å²) in [5.74, 6) is 0. The van der Waals surface area contributed by atoms with Gasteiger partial charge in [0.15, 0.2) is 0 Å². The van der Waals surface area contributed by atoms with Crippen LogP contribution in [0.4, 0.5) is 0 Å². The van der Waals surface area contributed by atoms with E-state index < -0.39 is 10.0 Å². The number of rotatable bonds is 7. The van der Waals surface area contributed by atoms with Crippen molar-refractivity contribution in [2.24, 2.45) is 0 Å². The zero-order chi connectivity index (χ0) is 13.8. The minimum Gasteiger partial charge on any atom is -0.312 e. The van der Waals surface area contributed by atoms with Crippen LogP contribution in [0.1, 0.15) is 17.4 Å². The van der Waals surface area contributed by atoms with Crippen molar-refractivity contribution in [2.45, 2.75) is 24.6 Å². The minimum atomic E-state index is -3.38. The molecule has 4 nitrogen and oxygen atoms in total. The summed E-state index contributed by atoms with van der Waals surface area (Å²) in [4.78, 5) is 1.07. The van der Waals surface area contributed by atoms with Crippen LogP contribution >= 0.6 is 11.3 Å². The maximum absolute atomic E-state index is 12.2. The zero-order valence-electron chi connectivity index (χ0n) is 11.1. The molecular weight excluding hydrogens is 268 g/mol. The molecular formula is C12H20N2O2S2. The van der Waals surface area contributed by atoms with Gasteiger partial charge < -0.3 is 5.32 Å². The predicted molar refractivity (Wildman–Crippen MR) is 76.4 cm³/mol. The van der Waals surface area contributed by atoms with Crippen molar-refractivity contribution in [3.05, 3.63) is 29.2 Å². The number of thiophene rings is 1. The fourth-order valence-electron chi connectivity index (χ4n) is 1.46. The van der Waals surface area contributed by atoms with Gasteiger partial charge in [-0.2, -0.15) is 4.31 Å². The minimum absolute atomic E-state index is 0.321. The van der Waals surface area contributed by atoms with Crippen LogP contribution in [0.3, 0.4) is 0 Å². The number of sulfonamides is 1. The Balaban J connectivity index is 2.99. The number of hydrogen-bond donors (Lipinski definition) is 1. The lowest BCUT2D eigenvalue weighted by atomic mass is 10.3. The van der Waals surface area contributed by atoms with Crippen LogP contribution in [-0.2, 0) is 16.6 Å². The van der Waals surface area contributed by atoms with E-state index in [4.69, 9.17) is 0 Å². The molecule has 0 fully saturated rings. The van der Waals surface area contributed by atoms with Gasteiger partial charge in [-0.05, 0) is 25.1 Å². The largest absolute Gasteiger partial charge is 0.312 e. The predicted octanol–water partition coefficient (Wildman–Crippen LogP) is 1.97. The molecule has 0 unspecified atom stereocenters. The number of likely N-dealkylation sites (N-methyl/N-ethyl adjacent to an activating group) is 1. The van der Waals surface area contributed by atoms with Gasteiger partial charge in [0.1, 0.15) is 4.21 Å². The first-order chi connectivity index (χ1) is 8.43. The highest BCUT2D eigenvalue weighted by atomic mass is 32.2. The second-order valence-corrected chi connectivity index (χ2v) is 7.43. The van der Waals surface area contributed by atoms with E-state index in [1.54, 1.807) is 19.2 Å². The van der Waals surface area contributed by atoms with E-state index >= 15 is 0 Å². The lowest BCUT2D eigenvalue weighted by molar-refractivity contribution is 0.501. The molecule has 0 aliphatic heterocycles. The van der Waals surface area contributed by atoms with E-state index in [1.165, 1.54) is 15.6 Å². The van der Waals surface area contributed by atoms with Crippen molar-refractivity contribution < 1.29 is 8.42 Å². The molecule has 0 saturated heterocycles. The summed E-state index contributed by atoms with van der Waals surface area (Å²) < 4.78 is 26.2. The summed E-state index contributed by atoms with van der Waals surface area (Å²) in [7, 11) is -1.81. The molecule has 1 rings (SSSR count). The monoisotopic (exact) mass is 288 g/mol. The van der Waals surface area contributed by atoms with Gasteiger partial charge in [-0.3, -0.25) is 0 Å². The zero-order valence-corrected chi connectivity index (χ0v) is 12.7. The third-order valence-corrected chi connectivity index (χ3v) is 6.09. The third kappa shape index (κ3) is 3.41. The van der Waals surface area contributed by atoms with Crippen LogP contribution in [-0.4, -0.2) is 32.9 Å². The molecule has 0 atom stereocenters. The summed E-state index contributed by atoms with van der Waals surface area (Å²) in [6.45, 7) is 9.43. The second-order valence-electron chi connectivity index (χ2n) is 4.03. The van der Waals surface area contributed by atoms with E-state index in [2.05, 4.69) is 11.9 Å². The number of hydrogen-bond acceptors (Lipinski definition) is 4. The molecule has 18 heavy (non-hydrogen) atoms. The van der Waals surface area contributed by atoms with Gasteiger partial charge in [-0.25, -0.2) is 8.42 Å². The van der Waals surface area contributed by atoms with Gasteiger partial charge in [-0.15, -0.1) is 17.9 Å². The molecule has 0 aliphatic carbocycles. The molecule has 0 amide bonds. The Morgan fingerprint density at radius 2 is 2.22 bits per heavy atom. The molecule has 0 spiro atoms. The smallest absolute Gasteiger partial charge is 0.252 e. The van der Waals surface area contributed by atoms with Gasteiger partial charge in [0.25, 0.3) is 10.0 Å². The van der Waals surface area contributed by atoms with E-state index in [0.29, 0.717) is 17.3 Å². The highest BCUT2D eigenvalue weighted by molar-refractivity contribution is 7.91. The number of nitrogens with one attached hydrogen (secondary N) is 1. The Morgan fingerprint density at radius 3 is 2.78 bits per heavy atom. The van der Waals surface area contributed by atoms with Crippen LogP contribution < -0.4 is 5.32 Å². The summed E-state index contributed by atoms with van der Waals surface area (Å²) >= 11 is 1.33. The summed E-state index contributed by atoms with van der Waals surface area (Å²) in [6, 6.07) is 1.74. The van der Waals surface area contributed by atoms with Crippen LogP contribution in [0.5, 0.6) is 0 Å². The molecule has 0 aromatic carbocycles. The molecule has 1 heterocycles. The maximum Gasteiger partial charge on any atom is 0.252 e. The molecule has 102 valence electrons. The van der Waals surface area contributed by atoms with Crippen molar-refractivity contribution in [3.63, 3.8) is 0 Å². The first kappa shape index (κ1) is 15.4. The van der Waals surface area contributed by atoms with E-state index in [0.717, 1.165) is 17.0 Å². The van der Waals surface area contributed by atoms with Crippen LogP contribution in [0, 0.1) is 6.92 Å². The van der Waals surface area contributed by atoms with Gasteiger partial charge >= 0.3 is 0 Å². The van der Waals surface area contributed by atoms with Crippen molar-refractivity contribution in [1.29, 1.82) is 0 Å². The summed E-state index contributed by atoms with van der Waals surface area (Å²) in [5.41, 5.74) is 1.02. The van der Waals surface area contributed by atoms with Gasteiger partial charge in [0.2, 0.25) is 0 Å². The van der Waals surface area contributed by atoms with Crippen LogP contribution in [0.2, 0.25) is 0 Å². The average molecular weight is 288 g/mol. The van der Waals surface area contributed by atoms with E-state index in [-0.39, 0.29) is 0 Å². The molecule has 0 saturated carbocycles. The van der Waals surface area contributed by atoms with Gasteiger partial charge in [-0.1, -0.05) is 13.0 Å². The van der Waals surface area contributed by atoms with Crippen molar-refractivity contribution in [1.82, 2.24) is 9.62 Å². The Morgan fingerprint density at radius 1 is 1.56 bits per heavy atom. The quantitative estimate of drug-likeness (QED) is 0.780. The van der Waals surface area contributed by atoms with Gasteiger partial charge in [0, 0.05) is 25.0 Å². The summed E-state index contributed by atoms with van der Waals surface area (Å²) in [6.07, 6.45) is 1.58. The average Bonchev–Trinajstić information content (AvgIpc) is 2.69. The number of nitrogens with zero attached hydrogens (tertiary/aromatic N) is 1. The Hall–Kier alpha value is -0.690. The normalized spacial score (nSPS) is 12.0. The van der Waals surface area contributed by atoms with E-state index in [1.807, 2.05) is 13.8 Å². The second kappa shape index (κ2) is 6.47. The first-order valence-corrected chi connectivity index (χ1v) is 8.06. The van der Waals surface area contributed by atoms with Crippen LogP contribution in [0.15, 0.2) is 22.9 Å². The Labute approximate surface area is 113 Å². The molecule has 0 radical (unpaired) electrons. The molecule has 1 aromatic rings. The lowest BCUT2D eigenvalue weighted by Crippen LogP contribution is -2.26. The Kier molecular flexibility index (Phi) is 5.52. The SMILES string of the molecule is C=CCN(C)S(=O)(=O)c1cc(C)c(CNCC)s1. The molecule has 0 bridgehead atoms. The number of aryl methyl sites for hydroxylation is 1. The topological polar surface area (TPSA) is 49.4 Å². The fourth-order valence-corrected chi connectivity index (χ4v) is 4.38. The van der Waals surface area contributed by atoms with Crippen molar-refractivity contribution >= 4 is 21.4 Å². The van der Waals surface area contributed by atoms with Gasteiger partial charge in [0.05, 0.1) is 0 Å². The van der Waals surface area contributed by atoms with Crippen molar-refractivity contribution in [3.8, 4) is 0 Å². The Bertz CT molecular complexity index is 506. The highest BCUT2D eigenvalue weighted by Gasteiger charge is 2.23. The molecule has 1 aromatic heterocycles. The first-order valence-electron chi connectivity index (χ1n) is 5.80. The molecule has 0 aliphatic rings. The fraction of sp³-hybridized carbons (Fsp3) is 0.500. The van der Waals surface area contributed by atoms with Crippen LogP contribution in [0.25, 0.3) is 0 Å². The third-order valence-electron chi connectivity index (χ3n) is 2.58. The standard InChI is InChI=1S/C12H20N2O2S2/c1-5-7-14(4)18(15,16)12-8-10(3)11(17-12)9-13-6-2/h5,8,13H,1,6-7,9H2,2-4H3. The lowest BCUT2D eigenvalue weighted by Gasteiger charge is -2.13. The highest BCUT2D eigenvalue weighted by Crippen LogP contribution is 2.27. The summed E-state index contributed by atoms with van der Waals surface area (Å²) in [5, 5.41) is 3.21. The molecule has 6 heteroatoms. The maximum atomic E-state index is 12.2. The van der Waals surface area contributed by atoms with Crippen molar-refractivity contribution in [2.75, 3.05) is 20.1 Å². The molecule has 1 N–H and O–H groups in total. The van der Waals surface area contributed by atoms with E-state index in [9.17, 15) is 8.42 Å².